The van der Waals surface area contributed by atoms with Crippen LogP contribution in [0.3, 0.4) is 0 Å². The fourth-order valence-corrected chi connectivity index (χ4v) is 4.66. The van der Waals surface area contributed by atoms with Gasteiger partial charge in [0.05, 0.1) is 5.69 Å². The van der Waals surface area contributed by atoms with Gasteiger partial charge in [0, 0.05) is 29.8 Å². The maximum atomic E-state index is 12.4. The van der Waals surface area contributed by atoms with Gasteiger partial charge in [-0.3, -0.25) is 4.79 Å². The van der Waals surface area contributed by atoms with E-state index in [-0.39, 0.29) is 11.8 Å². The molecule has 0 bridgehead atoms. The van der Waals surface area contributed by atoms with E-state index in [1.807, 2.05) is 18.2 Å². The van der Waals surface area contributed by atoms with Gasteiger partial charge in [-0.2, -0.15) is 0 Å². The van der Waals surface area contributed by atoms with Crippen molar-refractivity contribution in [3.05, 3.63) is 41.4 Å². The number of nitrogens with zero attached hydrogens (tertiary/aromatic N) is 1. The minimum atomic E-state index is 0.225. The molecule has 1 aliphatic carbocycles. The lowest BCUT2D eigenvalue weighted by Crippen LogP contribution is -2.34. The molecule has 0 radical (unpaired) electrons. The summed E-state index contributed by atoms with van der Waals surface area (Å²) in [7, 11) is 0. The summed E-state index contributed by atoms with van der Waals surface area (Å²) in [4.78, 5) is 17.1. The van der Waals surface area contributed by atoms with E-state index in [4.69, 9.17) is 4.98 Å². The number of hydrogen-bond acceptors (Lipinski definition) is 3. The maximum absolute atomic E-state index is 12.4. The van der Waals surface area contributed by atoms with Crippen molar-refractivity contribution < 1.29 is 4.79 Å². The van der Waals surface area contributed by atoms with Gasteiger partial charge >= 0.3 is 0 Å². The lowest BCUT2D eigenvalue weighted by Gasteiger charge is -2.27. The summed E-state index contributed by atoms with van der Waals surface area (Å²) < 4.78 is 0. The summed E-state index contributed by atoms with van der Waals surface area (Å²) in [5.41, 5.74) is 2.23. The number of rotatable bonds is 8. The standard InChI is InChI=1S/C22H30N2OS/c1-2-3-7-17-10-12-18(13-11-17)21(25)23-15-14-20-16-26-22(24-20)19-8-5-4-6-9-19/h4-6,8-9,16-18H,2-3,7,10-15H2,1H3,(H,23,25). The van der Waals surface area contributed by atoms with Crippen LogP contribution in [-0.4, -0.2) is 17.4 Å². The molecular weight excluding hydrogens is 340 g/mol. The lowest BCUT2D eigenvalue weighted by molar-refractivity contribution is -0.126. The van der Waals surface area contributed by atoms with Crippen molar-refractivity contribution in [1.82, 2.24) is 10.3 Å². The first-order valence-electron chi connectivity index (χ1n) is 10.0. The van der Waals surface area contributed by atoms with Crippen LogP contribution in [-0.2, 0) is 11.2 Å². The van der Waals surface area contributed by atoms with E-state index >= 15 is 0 Å². The van der Waals surface area contributed by atoms with Crippen molar-refractivity contribution >= 4 is 17.2 Å². The molecule has 0 spiro atoms. The average Bonchev–Trinajstić information content (AvgIpc) is 3.16. The van der Waals surface area contributed by atoms with Crippen molar-refractivity contribution in [2.45, 2.75) is 58.3 Å². The second-order valence-corrected chi connectivity index (χ2v) is 8.27. The van der Waals surface area contributed by atoms with Gasteiger partial charge in [-0.05, 0) is 31.6 Å². The zero-order chi connectivity index (χ0) is 18.2. The van der Waals surface area contributed by atoms with Crippen LogP contribution >= 0.6 is 11.3 Å². The first kappa shape index (κ1) is 19.1. The zero-order valence-corrected chi connectivity index (χ0v) is 16.6. The molecule has 1 aliphatic rings. The predicted molar refractivity (Wildman–Crippen MR) is 109 cm³/mol. The normalized spacial score (nSPS) is 20.0. The van der Waals surface area contributed by atoms with E-state index in [2.05, 4.69) is 29.8 Å². The Morgan fingerprint density at radius 1 is 1.19 bits per heavy atom. The molecule has 3 nitrogen and oxygen atoms in total. The first-order valence-corrected chi connectivity index (χ1v) is 10.9. The van der Waals surface area contributed by atoms with Crippen LogP contribution in [0, 0.1) is 11.8 Å². The summed E-state index contributed by atoms with van der Waals surface area (Å²) in [5.74, 6) is 1.33. The minimum absolute atomic E-state index is 0.225. The summed E-state index contributed by atoms with van der Waals surface area (Å²) in [6, 6.07) is 10.3. The Balaban J connectivity index is 1.39. The topological polar surface area (TPSA) is 42.0 Å². The van der Waals surface area contributed by atoms with Gasteiger partial charge in [0.25, 0.3) is 0 Å². The number of carbonyl (C=O) groups excluding carboxylic acids is 1. The van der Waals surface area contributed by atoms with Crippen LogP contribution in [0.4, 0.5) is 0 Å². The number of aromatic nitrogens is 1. The second kappa shape index (κ2) is 9.86. The molecule has 1 fully saturated rings. The van der Waals surface area contributed by atoms with Crippen molar-refractivity contribution in [2.75, 3.05) is 6.54 Å². The average molecular weight is 371 g/mol. The highest BCUT2D eigenvalue weighted by Gasteiger charge is 2.25. The van der Waals surface area contributed by atoms with E-state index in [0.29, 0.717) is 6.54 Å². The number of unbranched alkanes of at least 4 members (excludes halogenated alkanes) is 1. The molecule has 1 saturated carbocycles. The third kappa shape index (κ3) is 5.41. The van der Waals surface area contributed by atoms with Gasteiger partial charge < -0.3 is 5.32 Å². The number of nitrogens with one attached hydrogen (secondary N) is 1. The van der Waals surface area contributed by atoms with E-state index < -0.39 is 0 Å². The molecule has 4 heteroatoms. The van der Waals surface area contributed by atoms with E-state index in [1.165, 1.54) is 32.1 Å². The molecule has 0 atom stereocenters. The van der Waals surface area contributed by atoms with Crippen LogP contribution in [0.1, 0.15) is 57.6 Å². The van der Waals surface area contributed by atoms with Crippen molar-refractivity contribution in [3.8, 4) is 10.6 Å². The Morgan fingerprint density at radius 2 is 1.96 bits per heavy atom. The van der Waals surface area contributed by atoms with Gasteiger partial charge in [0.1, 0.15) is 5.01 Å². The third-order valence-corrected chi connectivity index (χ3v) is 6.38. The van der Waals surface area contributed by atoms with Crippen LogP contribution in [0.5, 0.6) is 0 Å². The minimum Gasteiger partial charge on any atom is -0.355 e. The molecule has 1 heterocycles. The van der Waals surface area contributed by atoms with E-state index in [9.17, 15) is 4.79 Å². The fraction of sp³-hybridized carbons (Fsp3) is 0.545. The Morgan fingerprint density at radius 3 is 2.69 bits per heavy atom. The number of thiazole rings is 1. The number of carbonyl (C=O) groups is 1. The monoisotopic (exact) mass is 370 g/mol. The Kier molecular flexibility index (Phi) is 7.24. The molecule has 3 rings (SSSR count). The molecule has 140 valence electrons. The van der Waals surface area contributed by atoms with Gasteiger partial charge in [-0.15, -0.1) is 11.3 Å². The third-order valence-electron chi connectivity index (χ3n) is 5.44. The molecule has 1 aromatic heterocycles. The first-order chi connectivity index (χ1) is 12.8. The second-order valence-electron chi connectivity index (χ2n) is 7.41. The van der Waals surface area contributed by atoms with Crippen LogP contribution in [0.15, 0.2) is 35.7 Å². The Bertz CT molecular complexity index is 674. The Labute approximate surface area is 161 Å². The summed E-state index contributed by atoms with van der Waals surface area (Å²) in [5, 5.41) is 6.29. The van der Waals surface area contributed by atoms with Gasteiger partial charge in [-0.25, -0.2) is 4.98 Å². The van der Waals surface area contributed by atoms with E-state index in [1.54, 1.807) is 11.3 Å². The molecule has 0 saturated heterocycles. The quantitative estimate of drug-likeness (QED) is 0.670. The predicted octanol–water partition coefficient (Wildman–Crippen LogP) is 5.47. The molecule has 2 aromatic rings. The van der Waals surface area contributed by atoms with Crippen LogP contribution in [0.25, 0.3) is 10.6 Å². The van der Waals surface area contributed by atoms with Crippen molar-refractivity contribution in [2.24, 2.45) is 11.8 Å². The van der Waals surface area contributed by atoms with Gasteiger partial charge in [0.2, 0.25) is 5.91 Å². The smallest absolute Gasteiger partial charge is 0.223 e. The van der Waals surface area contributed by atoms with Crippen molar-refractivity contribution in [1.29, 1.82) is 0 Å². The van der Waals surface area contributed by atoms with Crippen LogP contribution in [0.2, 0.25) is 0 Å². The largest absolute Gasteiger partial charge is 0.355 e. The highest BCUT2D eigenvalue weighted by atomic mass is 32.1. The number of hydrogen-bond donors (Lipinski definition) is 1. The Hall–Kier alpha value is -1.68. The highest BCUT2D eigenvalue weighted by molar-refractivity contribution is 7.13. The van der Waals surface area contributed by atoms with Crippen LogP contribution < -0.4 is 5.32 Å². The number of benzene rings is 1. The molecule has 26 heavy (non-hydrogen) atoms. The molecule has 1 amide bonds. The molecule has 0 aliphatic heterocycles. The fourth-order valence-electron chi connectivity index (χ4n) is 3.80. The summed E-state index contributed by atoms with van der Waals surface area (Å²) >= 11 is 1.67. The molecular formula is C22H30N2OS. The summed E-state index contributed by atoms with van der Waals surface area (Å²) in [6.07, 6.45) is 9.35. The summed E-state index contributed by atoms with van der Waals surface area (Å²) in [6.45, 7) is 2.94. The molecule has 0 unspecified atom stereocenters. The van der Waals surface area contributed by atoms with E-state index in [0.717, 1.165) is 41.4 Å². The van der Waals surface area contributed by atoms with Gasteiger partial charge in [0.15, 0.2) is 0 Å². The lowest BCUT2D eigenvalue weighted by atomic mass is 9.79. The molecule has 1 N–H and O–H groups in total. The maximum Gasteiger partial charge on any atom is 0.223 e. The zero-order valence-electron chi connectivity index (χ0n) is 15.7. The highest BCUT2D eigenvalue weighted by Crippen LogP contribution is 2.32. The SMILES string of the molecule is CCCCC1CCC(C(=O)NCCc2csc(-c3ccccc3)n2)CC1. The number of amides is 1. The van der Waals surface area contributed by atoms with Gasteiger partial charge in [-0.1, -0.05) is 56.5 Å². The van der Waals surface area contributed by atoms with Crippen molar-refractivity contribution in [3.63, 3.8) is 0 Å². The molecule has 1 aromatic carbocycles.